The van der Waals surface area contributed by atoms with E-state index in [0.717, 1.165) is 30.1 Å². The maximum Gasteiger partial charge on any atom is 0.417 e. The van der Waals surface area contributed by atoms with Crippen LogP contribution in [0.15, 0.2) is 57.8 Å². The molecule has 0 unspecified atom stereocenters. The third-order valence-electron chi connectivity index (χ3n) is 5.52. The number of fused-ring (bicyclic) bond motifs is 1. The van der Waals surface area contributed by atoms with E-state index in [0.29, 0.717) is 16.6 Å². The van der Waals surface area contributed by atoms with E-state index in [1.807, 2.05) is 12.1 Å². The first kappa shape index (κ1) is 26.7. The number of alkyl halides is 3. The lowest BCUT2D eigenvalue weighted by Crippen LogP contribution is -2.30. The largest absolute Gasteiger partial charge is 0.417 e. The van der Waals surface area contributed by atoms with Gasteiger partial charge in [0.05, 0.1) is 27.3 Å². The van der Waals surface area contributed by atoms with E-state index < -0.39 is 22.7 Å². The zero-order valence-electron chi connectivity index (χ0n) is 20.2. The van der Waals surface area contributed by atoms with Gasteiger partial charge in [0.1, 0.15) is 0 Å². The summed E-state index contributed by atoms with van der Waals surface area (Å²) in [6, 6.07) is 12.0. The molecule has 37 heavy (non-hydrogen) atoms. The number of benzene rings is 1. The molecule has 0 saturated carbocycles. The molecule has 0 saturated heterocycles. The number of nitrogens with one attached hydrogen (secondary N) is 2. The van der Waals surface area contributed by atoms with Gasteiger partial charge in [0.15, 0.2) is 10.8 Å². The van der Waals surface area contributed by atoms with Crippen molar-refractivity contribution in [2.24, 2.45) is 0 Å². The molecule has 0 bridgehead atoms. The monoisotopic (exact) mass is 547 g/mol. The van der Waals surface area contributed by atoms with Crippen molar-refractivity contribution >= 4 is 51.4 Å². The smallest absolute Gasteiger partial charge is 0.369 e. The first-order valence-electron chi connectivity index (χ1n) is 11.4. The number of hydrogen-bond acceptors (Lipinski definition) is 7. The van der Waals surface area contributed by atoms with Gasteiger partial charge in [-0.25, -0.2) is 9.97 Å². The molecule has 7 nitrogen and oxygen atoms in total. The molecule has 0 spiro atoms. The molecule has 2 N–H and O–H groups in total. The number of carbonyl (C=O) groups excluding carboxylic acids is 1. The molecule has 0 aliphatic heterocycles. The van der Waals surface area contributed by atoms with E-state index in [9.17, 15) is 22.8 Å². The summed E-state index contributed by atoms with van der Waals surface area (Å²) < 4.78 is 41.2. The van der Waals surface area contributed by atoms with Crippen LogP contribution in [0.4, 0.5) is 24.5 Å². The molecule has 194 valence electrons. The number of hydrogen-bond donors (Lipinski definition) is 2. The minimum atomic E-state index is -4.77. The summed E-state index contributed by atoms with van der Waals surface area (Å²) in [6.07, 6.45) is -4.77. The van der Waals surface area contributed by atoms with Crippen molar-refractivity contribution < 1.29 is 18.0 Å². The quantitative estimate of drug-likeness (QED) is 0.207. The summed E-state index contributed by atoms with van der Waals surface area (Å²) >= 11 is 2.13. The Balaban J connectivity index is 1.53. The molecule has 0 aliphatic rings. The van der Waals surface area contributed by atoms with E-state index in [1.54, 1.807) is 29.6 Å². The van der Waals surface area contributed by atoms with Crippen molar-refractivity contribution in [3.05, 3.63) is 63.8 Å². The lowest BCUT2D eigenvalue weighted by atomic mass is 10.1. The standard InChI is InChI=1S/C25H24F3N5O2S2/c1-4-33(14(2)3)16-9-7-15(8-10-16)29-20(34)13-37-24-31-22-21(23(35)32-24)17(25(26,27)28)12-18(30-22)19-6-5-11-36-19/h5-12,14H,4,13H2,1-3H3,(H,29,34)(H,30,31,32,35). The van der Waals surface area contributed by atoms with Crippen molar-refractivity contribution in [1.29, 1.82) is 0 Å². The van der Waals surface area contributed by atoms with E-state index in [1.165, 1.54) is 11.3 Å². The van der Waals surface area contributed by atoms with E-state index >= 15 is 0 Å². The number of rotatable bonds is 8. The zero-order chi connectivity index (χ0) is 26.7. The topological polar surface area (TPSA) is 91.0 Å². The molecule has 0 atom stereocenters. The summed E-state index contributed by atoms with van der Waals surface area (Å²) in [5.41, 5.74) is -0.685. The SMILES string of the molecule is CCN(c1ccc(NC(=O)CSc2nc3nc(-c4cccs4)cc(C(F)(F)F)c3c(=O)[nH]2)cc1)C(C)C. The molecular weight excluding hydrogens is 523 g/mol. The fourth-order valence-corrected chi connectivity index (χ4v) is 5.22. The van der Waals surface area contributed by atoms with Crippen LogP contribution in [0.5, 0.6) is 0 Å². The molecule has 0 fully saturated rings. The number of thioether (sulfide) groups is 1. The average molecular weight is 548 g/mol. The minimum Gasteiger partial charge on any atom is -0.369 e. The average Bonchev–Trinajstić information content (AvgIpc) is 3.38. The van der Waals surface area contributed by atoms with Gasteiger partial charge in [0.25, 0.3) is 5.56 Å². The number of thiophene rings is 1. The Labute approximate surface area is 219 Å². The molecule has 4 aromatic rings. The lowest BCUT2D eigenvalue weighted by molar-refractivity contribution is -0.136. The Morgan fingerprint density at radius 1 is 1.19 bits per heavy atom. The number of anilines is 2. The second-order valence-corrected chi connectivity index (χ2v) is 10.3. The van der Waals surface area contributed by atoms with Gasteiger partial charge in [0.2, 0.25) is 5.91 Å². The summed E-state index contributed by atoms with van der Waals surface area (Å²) in [7, 11) is 0. The number of aromatic nitrogens is 3. The third kappa shape index (κ3) is 6.13. The van der Waals surface area contributed by atoms with Gasteiger partial charge >= 0.3 is 6.18 Å². The van der Waals surface area contributed by atoms with Crippen LogP contribution in [0, 0.1) is 0 Å². The zero-order valence-corrected chi connectivity index (χ0v) is 21.9. The van der Waals surface area contributed by atoms with E-state index in [4.69, 9.17) is 0 Å². The van der Waals surface area contributed by atoms with Crippen LogP contribution in [-0.2, 0) is 11.0 Å². The number of pyridine rings is 1. The molecule has 1 amide bonds. The number of amides is 1. The van der Waals surface area contributed by atoms with Crippen molar-refractivity contribution in [1.82, 2.24) is 15.0 Å². The van der Waals surface area contributed by atoms with Crippen LogP contribution >= 0.6 is 23.1 Å². The van der Waals surface area contributed by atoms with Crippen LogP contribution in [0.3, 0.4) is 0 Å². The first-order chi connectivity index (χ1) is 17.6. The Morgan fingerprint density at radius 3 is 2.51 bits per heavy atom. The molecule has 12 heteroatoms. The van der Waals surface area contributed by atoms with Crippen LogP contribution in [0.25, 0.3) is 21.6 Å². The highest BCUT2D eigenvalue weighted by molar-refractivity contribution is 7.99. The second-order valence-electron chi connectivity index (χ2n) is 8.36. The van der Waals surface area contributed by atoms with Gasteiger partial charge in [-0.2, -0.15) is 13.2 Å². The first-order valence-corrected chi connectivity index (χ1v) is 13.3. The van der Waals surface area contributed by atoms with Gasteiger partial charge < -0.3 is 15.2 Å². The summed E-state index contributed by atoms with van der Waals surface area (Å²) in [5, 5.41) is 3.86. The Morgan fingerprint density at radius 2 is 1.92 bits per heavy atom. The maximum atomic E-state index is 13.7. The summed E-state index contributed by atoms with van der Waals surface area (Å²) in [6.45, 7) is 7.12. The number of carbonyl (C=O) groups is 1. The van der Waals surface area contributed by atoms with Crippen molar-refractivity contribution in [3.8, 4) is 10.6 Å². The number of nitrogens with zero attached hydrogens (tertiary/aromatic N) is 3. The van der Waals surface area contributed by atoms with Gasteiger partial charge in [-0.3, -0.25) is 9.59 Å². The number of aromatic amines is 1. The summed E-state index contributed by atoms with van der Waals surface area (Å²) in [5.74, 6) is -0.465. The van der Waals surface area contributed by atoms with Gasteiger partial charge in [-0.15, -0.1) is 11.3 Å². The van der Waals surface area contributed by atoms with Crippen LogP contribution < -0.4 is 15.8 Å². The normalized spacial score (nSPS) is 11.8. The molecule has 3 heterocycles. The third-order valence-corrected chi connectivity index (χ3v) is 7.29. The molecule has 0 aliphatic carbocycles. The van der Waals surface area contributed by atoms with Crippen molar-refractivity contribution in [2.45, 2.75) is 38.1 Å². The highest BCUT2D eigenvalue weighted by Crippen LogP contribution is 2.36. The van der Waals surface area contributed by atoms with Gasteiger partial charge in [-0.1, -0.05) is 17.8 Å². The van der Waals surface area contributed by atoms with Crippen LogP contribution in [0.2, 0.25) is 0 Å². The number of H-pyrrole nitrogens is 1. The van der Waals surface area contributed by atoms with Crippen molar-refractivity contribution in [2.75, 3.05) is 22.5 Å². The van der Waals surface area contributed by atoms with Crippen molar-refractivity contribution in [3.63, 3.8) is 0 Å². The predicted octanol–water partition coefficient (Wildman–Crippen LogP) is 6.03. The predicted molar refractivity (Wildman–Crippen MR) is 142 cm³/mol. The van der Waals surface area contributed by atoms with E-state index in [-0.39, 0.29) is 28.2 Å². The molecule has 4 rings (SSSR count). The molecule has 1 aromatic carbocycles. The van der Waals surface area contributed by atoms with Gasteiger partial charge in [0, 0.05) is 24.0 Å². The summed E-state index contributed by atoms with van der Waals surface area (Å²) in [4.78, 5) is 38.5. The van der Waals surface area contributed by atoms with E-state index in [2.05, 4.69) is 45.9 Å². The maximum absolute atomic E-state index is 13.7. The second kappa shape index (κ2) is 10.9. The van der Waals surface area contributed by atoms with Crippen LogP contribution in [0.1, 0.15) is 26.3 Å². The number of halogens is 3. The fraction of sp³-hybridized carbons (Fsp3) is 0.280. The molecule has 3 aromatic heterocycles. The Hall–Kier alpha value is -3.38. The molecule has 0 radical (unpaired) electrons. The van der Waals surface area contributed by atoms with Crippen LogP contribution in [-0.4, -0.2) is 39.2 Å². The highest BCUT2D eigenvalue weighted by Gasteiger charge is 2.35. The highest BCUT2D eigenvalue weighted by atomic mass is 32.2. The van der Waals surface area contributed by atoms with Gasteiger partial charge in [-0.05, 0) is 62.5 Å². The Bertz CT molecular complexity index is 1450. The minimum absolute atomic E-state index is 0.00229. The lowest BCUT2D eigenvalue weighted by Gasteiger charge is -2.27. The molecular formula is C25H24F3N5O2S2. The fourth-order valence-electron chi connectivity index (χ4n) is 3.88. The Kier molecular flexibility index (Phi) is 7.88.